The number of rotatable bonds is 6. The molecule has 4 heteroatoms. The fourth-order valence-corrected chi connectivity index (χ4v) is 6.58. The number of hydrogen-bond donors (Lipinski definition) is 0. The minimum Gasteiger partial charge on any atom is -0.458 e. The Kier molecular flexibility index (Phi) is 8.42. The molecule has 4 rings (SSSR count). The Morgan fingerprint density at radius 1 is 0.694 bits per heavy atom. The quantitative estimate of drug-likeness (QED) is 0.383. The van der Waals surface area contributed by atoms with E-state index in [1.165, 1.54) is 12.8 Å². The molecule has 0 N–H and O–H groups in total. The van der Waals surface area contributed by atoms with Gasteiger partial charge in [0.05, 0.1) is 11.1 Å². The second-order valence-electron chi connectivity index (χ2n) is 12.2. The van der Waals surface area contributed by atoms with Crippen molar-refractivity contribution in [2.24, 2.45) is 35.5 Å². The molecule has 2 aliphatic carbocycles. The average molecular weight is 493 g/mol. The number of ether oxygens (including phenoxy) is 2. The van der Waals surface area contributed by atoms with Gasteiger partial charge in [-0.05, 0) is 78.7 Å². The molecule has 0 radical (unpaired) electrons. The molecule has 2 aromatic rings. The highest BCUT2D eigenvalue weighted by Gasteiger charge is 2.36. The Morgan fingerprint density at radius 2 is 1.11 bits per heavy atom. The van der Waals surface area contributed by atoms with E-state index in [4.69, 9.17) is 9.47 Å². The summed E-state index contributed by atoms with van der Waals surface area (Å²) in [4.78, 5) is 27.2. The van der Waals surface area contributed by atoms with Gasteiger partial charge in [-0.3, -0.25) is 0 Å². The zero-order valence-corrected chi connectivity index (χ0v) is 23.0. The van der Waals surface area contributed by atoms with Crippen LogP contribution in [0.1, 0.15) is 101 Å². The summed E-state index contributed by atoms with van der Waals surface area (Å²) in [7, 11) is 0. The third kappa shape index (κ3) is 5.79. The van der Waals surface area contributed by atoms with Crippen LogP contribution in [0.4, 0.5) is 0 Å². The van der Waals surface area contributed by atoms with Crippen LogP contribution in [0.5, 0.6) is 0 Å². The molecule has 2 aromatic carbocycles. The summed E-state index contributed by atoms with van der Waals surface area (Å²) in [6, 6.07) is 11.2. The van der Waals surface area contributed by atoms with Crippen molar-refractivity contribution in [1.29, 1.82) is 0 Å². The van der Waals surface area contributed by atoms with E-state index in [9.17, 15) is 9.59 Å². The first-order chi connectivity index (χ1) is 17.2. The van der Waals surface area contributed by atoms with Crippen molar-refractivity contribution in [2.45, 2.75) is 92.3 Å². The summed E-state index contributed by atoms with van der Waals surface area (Å²) < 4.78 is 12.4. The Morgan fingerprint density at radius 3 is 1.50 bits per heavy atom. The Labute approximate surface area is 217 Å². The van der Waals surface area contributed by atoms with Crippen molar-refractivity contribution < 1.29 is 19.1 Å². The van der Waals surface area contributed by atoms with Gasteiger partial charge in [0.2, 0.25) is 0 Å². The molecule has 2 fully saturated rings. The van der Waals surface area contributed by atoms with E-state index in [1.807, 2.05) is 24.3 Å². The van der Waals surface area contributed by atoms with Crippen LogP contribution in [0.15, 0.2) is 36.4 Å². The fourth-order valence-electron chi connectivity index (χ4n) is 6.58. The lowest BCUT2D eigenvalue weighted by molar-refractivity contribution is -0.0174. The first kappa shape index (κ1) is 26.7. The predicted octanol–water partition coefficient (Wildman–Crippen LogP) is 8.08. The summed E-state index contributed by atoms with van der Waals surface area (Å²) >= 11 is 0. The predicted molar refractivity (Wildman–Crippen MR) is 145 cm³/mol. The number of fused-ring (bicyclic) bond motifs is 1. The van der Waals surface area contributed by atoms with Crippen LogP contribution in [-0.4, -0.2) is 24.1 Å². The molecule has 0 spiro atoms. The molecule has 0 heterocycles. The lowest BCUT2D eigenvalue weighted by Crippen LogP contribution is -2.36. The lowest BCUT2D eigenvalue weighted by Gasteiger charge is -2.37. The Hall–Kier alpha value is -2.36. The molecule has 2 aliphatic rings. The molecule has 4 nitrogen and oxygen atoms in total. The van der Waals surface area contributed by atoms with E-state index in [0.717, 1.165) is 31.1 Å². The zero-order chi connectivity index (χ0) is 26.0. The highest BCUT2D eigenvalue weighted by atomic mass is 16.5. The van der Waals surface area contributed by atoms with Gasteiger partial charge < -0.3 is 9.47 Å². The molecule has 0 amide bonds. The number of carbonyl (C=O) groups excluding carboxylic acids is 2. The average Bonchev–Trinajstić information content (AvgIpc) is 2.82. The van der Waals surface area contributed by atoms with E-state index in [0.29, 0.717) is 52.0 Å². The van der Waals surface area contributed by atoms with E-state index >= 15 is 0 Å². The number of esters is 2. The van der Waals surface area contributed by atoms with E-state index < -0.39 is 0 Å². The second kappa shape index (κ2) is 11.4. The van der Waals surface area contributed by atoms with Gasteiger partial charge >= 0.3 is 11.9 Å². The second-order valence-corrected chi connectivity index (χ2v) is 12.2. The first-order valence-corrected chi connectivity index (χ1v) is 14.1. The maximum absolute atomic E-state index is 13.6. The molecule has 0 unspecified atom stereocenters. The van der Waals surface area contributed by atoms with Crippen LogP contribution < -0.4 is 0 Å². The summed E-state index contributed by atoms with van der Waals surface area (Å²) in [5.74, 6) is 2.07. The van der Waals surface area contributed by atoms with Crippen LogP contribution >= 0.6 is 0 Å². The number of carbonyl (C=O) groups is 2. The van der Waals surface area contributed by atoms with Gasteiger partial charge in [0.25, 0.3) is 0 Å². The van der Waals surface area contributed by atoms with Gasteiger partial charge in [0.1, 0.15) is 12.2 Å². The molecular formula is C32H44O4. The van der Waals surface area contributed by atoms with Crippen molar-refractivity contribution in [2.75, 3.05) is 0 Å². The maximum Gasteiger partial charge on any atom is 0.339 e. The third-order valence-electron chi connectivity index (χ3n) is 8.78. The molecule has 0 bridgehead atoms. The van der Waals surface area contributed by atoms with Crippen LogP contribution in [0.2, 0.25) is 0 Å². The molecule has 36 heavy (non-hydrogen) atoms. The molecule has 0 aliphatic heterocycles. The van der Waals surface area contributed by atoms with Gasteiger partial charge in [-0.25, -0.2) is 9.59 Å². The van der Waals surface area contributed by atoms with Crippen molar-refractivity contribution in [3.8, 4) is 0 Å². The van der Waals surface area contributed by atoms with Gasteiger partial charge in [0.15, 0.2) is 0 Å². The topological polar surface area (TPSA) is 52.6 Å². The smallest absolute Gasteiger partial charge is 0.339 e. The summed E-state index contributed by atoms with van der Waals surface area (Å²) in [5.41, 5.74) is 0.913. The number of benzene rings is 2. The molecule has 6 atom stereocenters. The fraction of sp³-hybridized carbons (Fsp3) is 0.625. The van der Waals surface area contributed by atoms with Crippen LogP contribution in [0, 0.1) is 35.5 Å². The zero-order valence-electron chi connectivity index (χ0n) is 23.0. The summed E-state index contributed by atoms with van der Waals surface area (Å²) in [6.45, 7) is 13.3. The van der Waals surface area contributed by atoms with E-state index in [1.54, 1.807) is 12.1 Å². The molecule has 0 aromatic heterocycles. The third-order valence-corrected chi connectivity index (χ3v) is 8.78. The first-order valence-electron chi connectivity index (χ1n) is 14.1. The molecule has 0 saturated heterocycles. The Bertz CT molecular complexity index is 990. The van der Waals surface area contributed by atoms with Crippen LogP contribution in [-0.2, 0) is 9.47 Å². The molecular weight excluding hydrogens is 448 g/mol. The maximum atomic E-state index is 13.6. The van der Waals surface area contributed by atoms with E-state index in [-0.39, 0.29) is 24.1 Å². The van der Waals surface area contributed by atoms with Gasteiger partial charge in [-0.2, -0.15) is 0 Å². The van der Waals surface area contributed by atoms with Gasteiger partial charge in [-0.1, -0.05) is 78.6 Å². The minimum absolute atomic E-state index is 0.0915. The Balaban J connectivity index is 1.63. The highest BCUT2D eigenvalue weighted by molar-refractivity contribution is 6.13. The van der Waals surface area contributed by atoms with E-state index in [2.05, 4.69) is 41.5 Å². The minimum atomic E-state index is -0.336. The van der Waals surface area contributed by atoms with Crippen molar-refractivity contribution >= 4 is 22.7 Å². The van der Waals surface area contributed by atoms with Gasteiger partial charge in [-0.15, -0.1) is 0 Å². The van der Waals surface area contributed by atoms with Crippen LogP contribution in [0.25, 0.3) is 10.8 Å². The highest BCUT2D eigenvalue weighted by Crippen LogP contribution is 2.38. The number of hydrogen-bond acceptors (Lipinski definition) is 4. The lowest BCUT2D eigenvalue weighted by atomic mass is 9.75. The monoisotopic (exact) mass is 492 g/mol. The molecule has 2 saturated carbocycles. The van der Waals surface area contributed by atoms with Crippen molar-refractivity contribution in [1.82, 2.24) is 0 Å². The largest absolute Gasteiger partial charge is 0.458 e. The van der Waals surface area contributed by atoms with Gasteiger partial charge in [0, 0.05) is 5.39 Å². The molecule has 196 valence electrons. The van der Waals surface area contributed by atoms with Crippen molar-refractivity contribution in [3.63, 3.8) is 0 Å². The van der Waals surface area contributed by atoms with Crippen LogP contribution in [0.3, 0.4) is 0 Å². The normalized spacial score (nSPS) is 28.9. The van der Waals surface area contributed by atoms with Crippen molar-refractivity contribution in [3.05, 3.63) is 47.5 Å². The summed E-state index contributed by atoms with van der Waals surface area (Å²) in [6.07, 6.45) is 6.13. The standard InChI is InChI=1S/C32H44O4/c1-19(2)24-15-13-21(5)17-28(24)35-31(33)26-11-7-9-23-10-8-12-27(30(23)26)32(34)36-29-18-22(6)14-16-25(29)20(3)4/h7-12,19-22,24-25,28-29H,13-18H2,1-6H3/t21-,22-,24+,25+,28-,29-/m1/s1. The summed E-state index contributed by atoms with van der Waals surface area (Å²) in [5, 5.41) is 1.50. The SMILES string of the molecule is CC(C)[C@@H]1CC[C@@H](C)C[C@H]1OC(=O)c1cccc2cccc(C(=O)O[C@@H]3C[C@H](C)CC[C@H]3C(C)C)c12.